The third-order valence-electron chi connectivity index (χ3n) is 3.86. The van der Waals surface area contributed by atoms with Crippen LogP contribution in [0.2, 0.25) is 0 Å². The summed E-state index contributed by atoms with van der Waals surface area (Å²) < 4.78 is 7.42. The van der Waals surface area contributed by atoms with Crippen molar-refractivity contribution in [1.29, 1.82) is 0 Å². The largest absolute Gasteiger partial charge is 0.497 e. The smallest absolute Gasteiger partial charge is 0.191 e. The second kappa shape index (κ2) is 9.60. The van der Waals surface area contributed by atoms with Gasteiger partial charge in [-0.25, -0.2) is 4.98 Å². The van der Waals surface area contributed by atoms with Gasteiger partial charge < -0.3 is 19.9 Å². The summed E-state index contributed by atoms with van der Waals surface area (Å²) >= 11 is 0. The average Bonchev–Trinajstić information content (AvgIpc) is 3.02. The van der Waals surface area contributed by atoms with Gasteiger partial charge in [-0.15, -0.1) is 0 Å². The number of nitrogens with one attached hydrogen (secondary N) is 2. The van der Waals surface area contributed by atoms with Crippen LogP contribution in [0.15, 0.2) is 41.7 Å². The van der Waals surface area contributed by atoms with Crippen LogP contribution in [0, 0.1) is 6.92 Å². The highest BCUT2D eigenvalue weighted by Gasteiger charge is 2.00. The van der Waals surface area contributed by atoms with Crippen LogP contribution >= 0.6 is 0 Å². The highest BCUT2D eigenvalue weighted by molar-refractivity contribution is 5.79. The van der Waals surface area contributed by atoms with Gasteiger partial charge in [0.2, 0.25) is 0 Å². The molecule has 0 aliphatic heterocycles. The molecule has 0 atom stereocenters. The van der Waals surface area contributed by atoms with Crippen molar-refractivity contribution in [2.24, 2.45) is 4.99 Å². The number of aromatic nitrogens is 2. The first-order valence-electron chi connectivity index (χ1n) is 8.28. The molecule has 130 valence electrons. The summed E-state index contributed by atoms with van der Waals surface area (Å²) in [5.41, 5.74) is 1.16. The lowest BCUT2D eigenvalue weighted by Gasteiger charge is -2.12. The molecule has 1 aromatic carbocycles. The van der Waals surface area contributed by atoms with Crippen LogP contribution in [0.1, 0.15) is 24.2 Å². The van der Waals surface area contributed by atoms with E-state index in [2.05, 4.69) is 31.2 Å². The van der Waals surface area contributed by atoms with Crippen molar-refractivity contribution in [1.82, 2.24) is 20.2 Å². The number of unbranched alkanes of at least 4 members (excludes halogenated alkanes) is 1. The molecule has 0 saturated carbocycles. The van der Waals surface area contributed by atoms with Crippen molar-refractivity contribution in [3.63, 3.8) is 0 Å². The van der Waals surface area contributed by atoms with E-state index in [4.69, 9.17) is 4.74 Å². The molecule has 2 N–H and O–H groups in total. The molecule has 6 nitrogen and oxygen atoms in total. The van der Waals surface area contributed by atoms with Gasteiger partial charge in [0.05, 0.1) is 7.11 Å². The van der Waals surface area contributed by atoms with E-state index in [9.17, 15) is 0 Å². The Morgan fingerprint density at radius 2 is 2.17 bits per heavy atom. The van der Waals surface area contributed by atoms with E-state index in [1.54, 1.807) is 14.2 Å². The fourth-order valence-corrected chi connectivity index (χ4v) is 2.44. The van der Waals surface area contributed by atoms with Crippen molar-refractivity contribution >= 4 is 5.96 Å². The molecule has 0 saturated heterocycles. The summed E-state index contributed by atoms with van der Waals surface area (Å²) in [6.07, 6.45) is 6.06. The Morgan fingerprint density at radius 1 is 1.29 bits per heavy atom. The number of aryl methyl sites for hydroxylation is 2. The predicted molar refractivity (Wildman–Crippen MR) is 97.4 cm³/mol. The first-order chi connectivity index (χ1) is 11.7. The molecule has 0 spiro atoms. The van der Waals surface area contributed by atoms with Crippen LogP contribution in [0.25, 0.3) is 0 Å². The highest BCUT2D eigenvalue weighted by atomic mass is 16.5. The quantitative estimate of drug-likeness (QED) is 0.443. The van der Waals surface area contributed by atoms with E-state index in [0.717, 1.165) is 49.0 Å². The molecule has 0 fully saturated rings. The predicted octanol–water partition coefficient (Wildman–Crippen LogP) is 2.35. The van der Waals surface area contributed by atoms with Gasteiger partial charge in [0.15, 0.2) is 5.96 Å². The minimum absolute atomic E-state index is 0.713. The fraction of sp³-hybridized carbons (Fsp3) is 0.444. The third-order valence-corrected chi connectivity index (χ3v) is 3.86. The SMILES string of the molecule is CN=C(NCCCCn1ccnc1C)NCc1cccc(OC)c1. The zero-order chi connectivity index (χ0) is 17.2. The Labute approximate surface area is 144 Å². The maximum atomic E-state index is 5.24. The van der Waals surface area contributed by atoms with Crippen molar-refractivity contribution in [2.75, 3.05) is 20.7 Å². The first kappa shape index (κ1) is 17.8. The Morgan fingerprint density at radius 3 is 2.88 bits per heavy atom. The summed E-state index contributed by atoms with van der Waals surface area (Å²) in [5, 5.41) is 6.66. The van der Waals surface area contributed by atoms with Crippen molar-refractivity contribution in [3.05, 3.63) is 48.0 Å². The molecule has 2 rings (SSSR count). The van der Waals surface area contributed by atoms with Crippen molar-refractivity contribution in [2.45, 2.75) is 32.9 Å². The number of methoxy groups -OCH3 is 1. The minimum Gasteiger partial charge on any atom is -0.497 e. The van der Waals surface area contributed by atoms with Gasteiger partial charge in [-0.3, -0.25) is 4.99 Å². The van der Waals surface area contributed by atoms with Gasteiger partial charge in [-0.05, 0) is 37.5 Å². The van der Waals surface area contributed by atoms with Crippen molar-refractivity contribution in [3.8, 4) is 5.75 Å². The van der Waals surface area contributed by atoms with Crippen LogP contribution in [0.5, 0.6) is 5.75 Å². The Kier molecular flexibility index (Phi) is 7.14. The van der Waals surface area contributed by atoms with Crippen LogP contribution in [0.3, 0.4) is 0 Å². The number of benzene rings is 1. The monoisotopic (exact) mass is 329 g/mol. The lowest BCUT2D eigenvalue weighted by atomic mass is 10.2. The second-order valence-corrected chi connectivity index (χ2v) is 5.58. The number of guanidine groups is 1. The average molecular weight is 329 g/mol. The molecule has 0 radical (unpaired) electrons. The Bertz CT molecular complexity index is 650. The summed E-state index contributed by atoms with van der Waals surface area (Å²) in [7, 11) is 3.47. The lowest BCUT2D eigenvalue weighted by Crippen LogP contribution is -2.37. The van der Waals surface area contributed by atoms with Crippen LogP contribution < -0.4 is 15.4 Å². The second-order valence-electron chi connectivity index (χ2n) is 5.58. The van der Waals surface area contributed by atoms with Gasteiger partial charge in [0, 0.05) is 39.1 Å². The maximum Gasteiger partial charge on any atom is 0.191 e. The topological polar surface area (TPSA) is 63.5 Å². The summed E-state index contributed by atoms with van der Waals surface area (Å²) in [4.78, 5) is 8.49. The van der Waals surface area contributed by atoms with Crippen LogP contribution in [-0.4, -0.2) is 36.2 Å². The summed E-state index contributed by atoms with van der Waals surface area (Å²) in [6.45, 7) is 4.64. The lowest BCUT2D eigenvalue weighted by molar-refractivity contribution is 0.414. The van der Waals surface area contributed by atoms with Gasteiger partial charge in [0.25, 0.3) is 0 Å². The summed E-state index contributed by atoms with van der Waals surface area (Å²) in [6, 6.07) is 8.02. The zero-order valence-electron chi connectivity index (χ0n) is 14.7. The van der Waals surface area contributed by atoms with E-state index in [1.165, 1.54) is 0 Å². The third kappa shape index (κ3) is 5.61. The Balaban J connectivity index is 1.66. The maximum absolute atomic E-state index is 5.24. The van der Waals surface area contributed by atoms with Crippen LogP contribution in [-0.2, 0) is 13.1 Å². The number of ether oxygens (including phenoxy) is 1. The van der Waals surface area contributed by atoms with Gasteiger partial charge in [0.1, 0.15) is 11.6 Å². The first-order valence-corrected chi connectivity index (χ1v) is 8.28. The highest BCUT2D eigenvalue weighted by Crippen LogP contribution is 2.12. The van der Waals surface area contributed by atoms with Gasteiger partial charge in [-0.1, -0.05) is 12.1 Å². The zero-order valence-corrected chi connectivity index (χ0v) is 14.7. The molecular weight excluding hydrogens is 302 g/mol. The summed E-state index contributed by atoms with van der Waals surface area (Å²) in [5.74, 6) is 2.75. The minimum atomic E-state index is 0.713. The molecule has 1 aromatic heterocycles. The molecule has 24 heavy (non-hydrogen) atoms. The standard InChI is InChI=1S/C18H27N5O/c1-15-20-10-12-23(15)11-5-4-9-21-18(19-2)22-14-16-7-6-8-17(13-16)24-3/h6-8,10,12-13H,4-5,9,11,14H2,1-3H3,(H2,19,21,22). The molecule has 6 heteroatoms. The Hall–Kier alpha value is -2.50. The molecule has 0 aliphatic rings. The molecule has 1 heterocycles. The molecule has 0 aliphatic carbocycles. The van der Waals surface area contributed by atoms with E-state index >= 15 is 0 Å². The fourth-order valence-electron chi connectivity index (χ4n) is 2.44. The molecule has 0 amide bonds. The number of imidazole rings is 1. The number of hydrogen-bond donors (Lipinski definition) is 2. The van der Waals surface area contributed by atoms with Gasteiger partial charge in [-0.2, -0.15) is 0 Å². The van der Waals surface area contributed by atoms with Crippen molar-refractivity contribution < 1.29 is 4.74 Å². The number of aliphatic imine (C=N–C) groups is 1. The molecule has 2 aromatic rings. The number of nitrogens with zero attached hydrogens (tertiary/aromatic N) is 3. The number of rotatable bonds is 8. The van der Waals surface area contributed by atoms with E-state index in [-0.39, 0.29) is 0 Å². The van der Waals surface area contributed by atoms with Gasteiger partial charge >= 0.3 is 0 Å². The molecule has 0 unspecified atom stereocenters. The molecule has 0 bridgehead atoms. The van der Waals surface area contributed by atoms with Crippen LogP contribution in [0.4, 0.5) is 0 Å². The van der Waals surface area contributed by atoms with E-state index < -0.39 is 0 Å². The van der Waals surface area contributed by atoms with E-state index in [1.807, 2.05) is 37.5 Å². The number of hydrogen-bond acceptors (Lipinski definition) is 3. The van der Waals surface area contributed by atoms with E-state index in [0.29, 0.717) is 6.54 Å². The molecular formula is C18H27N5O. The normalized spacial score (nSPS) is 11.4.